The Morgan fingerprint density at radius 2 is 2.07 bits per heavy atom. The molecule has 1 aliphatic carbocycles. The first-order valence-corrected chi connectivity index (χ1v) is 5.01. The van der Waals surface area contributed by atoms with Crippen molar-refractivity contribution < 1.29 is 9.50 Å². The Morgan fingerprint density at radius 3 is 2.57 bits per heavy atom. The molecule has 1 atom stereocenters. The number of aryl methyl sites for hydroxylation is 1. The highest BCUT2D eigenvalue weighted by Gasteiger charge is 2.49. The largest absolute Gasteiger partial charge is 0.392 e. The zero-order chi connectivity index (χ0) is 10.3. The summed E-state index contributed by atoms with van der Waals surface area (Å²) in [5.41, 5.74) is 1.44. The lowest BCUT2D eigenvalue weighted by Gasteiger charge is -2.20. The average Bonchev–Trinajstić information content (AvgIpc) is 2.90. The van der Waals surface area contributed by atoms with E-state index in [4.69, 9.17) is 0 Å². The second-order valence-corrected chi connectivity index (χ2v) is 4.32. The number of hydrogen-bond acceptors (Lipinski definition) is 1. The zero-order valence-corrected chi connectivity index (χ0v) is 8.55. The third-order valence-corrected chi connectivity index (χ3v) is 3.25. The number of rotatable bonds is 2. The monoisotopic (exact) mass is 194 g/mol. The Morgan fingerprint density at radius 1 is 1.43 bits per heavy atom. The van der Waals surface area contributed by atoms with E-state index < -0.39 is 6.10 Å². The highest BCUT2D eigenvalue weighted by Crippen LogP contribution is 2.51. The molecule has 2 heteroatoms. The SMILES string of the molecule is Cc1ccc(F)c(C2(C(C)O)CC2)c1. The molecule has 1 saturated carbocycles. The molecule has 0 spiro atoms. The van der Waals surface area contributed by atoms with Crippen molar-refractivity contribution in [2.45, 2.75) is 38.2 Å². The smallest absolute Gasteiger partial charge is 0.127 e. The third-order valence-electron chi connectivity index (χ3n) is 3.25. The van der Waals surface area contributed by atoms with Gasteiger partial charge in [-0.2, -0.15) is 0 Å². The lowest BCUT2D eigenvalue weighted by molar-refractivity contribution is 0.148. The zero-order valence-electron chi connectivity index (χ0n) is 8.55. The molecule has 0 amide bonds. The summed E-state index contributed by atoms with van der Waals surface area (Å²) in [6.45, 7) is 3.69. The molecular formula is C12H15FO. The van der Waals surface area contributed by atoms with E-state index in [0.29, 0.717) is 5.56 Å². The number of benzene rings is 1. The van der Waals surface area contributed by atoms with Crippen LogP contribution in [0.2, 0.25) is 0 Å². The van der Waals surface area contributed by atoms with Gasteiger partial charge in [0.1, 0.15) is 5.82 Å². The Balaban J connectivity index is 2.46. The molecule has 0 radical (unpaired) electrons. The second kappa shape index (κ2) is 3.06. The predicted molar refractivity (Wildman–Crippen MR) is 53.7 cm³/mol. The van der Waals surface area contributed by atoms with Crippen molar-refractivity contribution in [3.63, 3.8) is 0 Å². The predicted octanol–water partition coefficient (Wildman–Crippen LogP) is 2.55. The number of halogens is 1. The van der Waals surface area contributed by atoms with Gasteiger partial charge in [-0.1, -0.05) is 17.7 Å². The van der Waals surface area contributed by atoms with Gasteiger partial charge in [0.15, 0.2) is 0 Å². The van der Waals surface area contributed by atoms with Gasteiger partial charge in [-0.25, -0.2) is 4.39 Å². The summed E-state index contributed by atoms with van der Waals surface area (Å²) in [5, 5.41) is 9.64. The maximum absolute atomic E-state index is 13.6. The summed E-state index contributed by atoms with van der Waals surface area (Å²) in [5.74, 6) is -0.186. The number of aliphatic hydroxyl groups excluding tert-OH is 1. The van der Waals surface area contributed by atoms with Crippen molar-refractivity contribution in [1.82, 2.24) is 0 Å². The van der Waals surface area contributed by atoms with E-state index in [2.05, 4.69) is 0 Å². The van der Waals surface area contributed by atoms with Gasteiger partial charge in [-0.3, -0.25) is 0 Å². The van der Waals surface area contributed by atoms with E-state index in [0.717, 1.165) is 18.4 Å². The van der Waals surface area contributed by atoms with Crippen LogP contribution in [0.1, 0.15) is 30.9 Å². The van der Waals surface area contributed by atoms with Crippen LogP contribution in [0.4, 0.5) is 4.39 Å². The standard InChI is InChI=1S/C12H15FO/c1-8-3-4-11(13)10(7-8)12(5-6-12)9(2)14/h3-4,7,9,14H,5-6H2,1-2H3. The van der Waals surface area contributed by atoms with E-state index in [1.165, 1.54) is 6.07 Å². The summed E-state index contributed by atoms with van der Waals surface area (Å²) >= 11 is 0. The fourth-order valence-electron chi connectivity index (χ4n) is 2.07. The Hall–Kier alpha value is -0.890. The van der Waals surface area contributed by atoms with Crippen LogP contribution in [-0.2, 0) is 5.41 Å². The lowest BCUT2D eigenvalue weighted by atomic mass is 9.89. The molecular weight excluding hydrogens is 179 g/mol. The van der Waals surface area contributed by atoms with Crippen molar-refractivity contribution in [1.29, 1.82) is 0 Å². The molecule has 0 saturated heterocycles. The maximum atomic E-state index is 13.6. The molecule has 0 aromatic heterocycles. The summed E-state index contributed by atoms with van der Waals surface area (Å²) in [7, 11) is 0. The van der Waals surface area contributed by atoms with E-state index in [1.54, 1.807) is 13.0 Å². The second-order valence-electron chi connectivity index (χ2n) is 4.32. The molecule has 1 aliphatic rings. The van der Waals surface area contributed by atoms with Crippen LogP contribution >= 0.6 is 0 Å². The topological polar surface area (TPSA) is 20.2 Å². The van der Waals surface area contributed by atoms with E-state index in [-0.39, 0.29) is 11.2 Å². The minimum absolute atomic E-state index is 0.186. The van der Waals surface area contributed by atoms with Crippen LogP contribution in [0.5, 0.6) is 0 Å². The molecule has 1 unspecified atom stereocenters. The molecule has 1 nitrogen and oxygen atoms in total. The van der Waals surface area contributed by atoms with Gasteiger partial charge in [-0.05, 0) is 38.3 Å². The molecule has 1 aromatic carbocycles. The first kappa shape index (κ1) is 9.66. The van der Waals surface area contributed by atoms with Crippen molar-refractivity contribution in [3.8, 4) is 0 Å². The van der Waals surface area contributed by atoms with Crippen LogP contribution in [0.3, 0.4) is 0 Å². The Labute approximate surface area is 83.6 Å². The van der Waals surface area contributed by atoms with Crippen LogP contribution in [-0.4, -0.2) is 11.2 Å². The fraction of sp³-hybridized carbons (Fsp3) is 0.500. The van der Waals surface area contributed by atoms with Gasteiger partial charge in [0.05, 0.1) is 6.10 Å². The molecule has 1 fully saturated rings. The van der Waals surface area contributed by atoms with Crippen LogP contribution in [0.25, 0.3) is 0 Å². The molecule has 1 aromatic rings. The molecule has 0 aliphatic heterocycles. The van der Waals surface area contributed by atoms with Crippen LogP contribution < -0.4 is 0 Å². The van der Waals surface area contributed by atoms with Gasteiger partial charge in [-0.15, -0.1) is 0 Å². The van der Waals surface area contributed by atoms with E-state index in [1.807, 2.05) is 13.0 Å². The van der Waals surface area contributed by atoms with Gasteiger partial charge in [0, 0.05) is 5.41 Å². The highest BCUT2D eigenvalue weighted by atomic mass is 19.1. The van der Waals surface area contributed by atoms with Crippen LogP contribution in [0, 0.1) is 12.7 Å². The molecule has 2 rings (SSSR count). The number of hydrogen-bond donors (Lipinski definition) is 1. The Kier molecular flexibility index (Phi) is 2.11. The van der Waals surface area contributed by atoms with Gasteiger partial charge < -0.3 is 5.11 Å². The number of aliphatic hydroxyl groups is 1. The maximum Gasteiger partial charge on any atom is 0.127 e. The molecule has 0 heterocycles. The van der Waals surface area contributed by atoms with E-state index >= 15 is 0 Å². The minimum atomic E-state index is -0.459. The van der Waals surface area contributed by atoms with Crippen molar-refractivity contribution >= 4 is 0 Å². The summed E-state index contributed by atoms with van der Waals surface area (Å²) in [4.78, 5) is 0. The first-order valence-electron chi connectivity index (χ1n) is 5.01. The average molecular weight is 194 g/mol. The van der Waals surface area contributed by atoms with Gasteiger partial charge in [0.25, 0.3) is 0 Å². The summed E-state index contributed by atoms with van der Waals surface area (Å²) < 4.78 is 13.6. The molecule has 76 valence electrons. The lowest BCUT2D eigenvalue weighted by Crippen LogP contribution is -2.23. The highest BCUT2D eigenvalue weighted by molar-refractivity contribution is 5.36. The third kappa shape index (κ3) is 1.34. The van der Waals surface area contributed by atoms with Gasteiger partial charge >= 0.3 is 0 Å². The molecule has 14 heavy (non-hydrogen) atoms. The molecule has 1 N–H and O–H groups in total. The van der Waals surface area contributed by atoms with E-state index in [9.17, 15) is 9.50 Å². The Bertz CT molecular complexity index is 353. The fourth-order valence-corrected chi connectivity index (χ4v) is 2.07. The van der Waals surface area contributed by atoms with Crippen molar-refractivity contribution in [2.75, 3.05) is 0 Å². The minimum Gasteiger partial charge on any atom is -0.392 e. The normalized spacial score (nSPS) is 20.6. The van der Waals surface area contributed by atoms with Crippen molar-refractivity contribution in [2.24, 2.45) is 0 Å². The molecule has 0 bridgehead atoms. The van der Waals surface area contributed by atoms with Crippen molar-refractivity contribution in [3.05, 3.63) is 35.1 Å². The summed E-state index contributed by atoms with van der Waals surface area (Å²) in [6, 6.07) is 5.11. The van der Waals surface area contributed by atoms with Gasteiger partial charge in [0.2, 0.25) is 0 Å². The van der Waals surface area contributed by atoms with Crippen LogP contribution in [0.15, 0.2) is 18.2 Å². The summed E-state index contributed by atoms with van der Waals surface area (Å²) in [6.07, 6.45) is 1.33. The quantitative estimate of drug-likeness (QED) is 0.767. The first-order chi connectivity index (χ1) is 6.56.